The van der Waals surface area contributed by atoms with Crippen LogP contribution in [0.2, 0.25) is 0 Å². The first kappa shape index (κ1) is 14.9. The summed E-state index contributed by atoms with van der Waals surface area (Å²) in [6, 6.07) is 1.10. The van der Waals surface area contributed by atoms with Gasteiger partial charge in [-0.3, -0.25) is 9.78 Å². The fourth-order valence-corrected chi connectivity index (χ4v) is 1.97. The number of rotatable bonds is 6. The number of nitrogens with zero attached hydrogens (tertiary/aromatic N) is 1. The zero-order valence-electron chi connectivity index (χ0n) is 10.8. The molecule has 9 nitrogen and oxygen atoms in total. The van der Waals surface area contributed by atoms with E-state index >= 15 is 0 Å². The largest absolute Gasteiger partial charge is 0.394 e. The molecular formula is C11H16N2O7. The predicted molar refractivity (Wildman–Crippen MR) is 65.1 cm³/mol. The number of ether oxygens (including phenoxy) is 3. The molecule has 1 fully saturated rings. The van der Waals surface area contributed by atoms with Crippen LogP contribution < -0.4 is 11.2 Å². The zero-order chi connectivity index (χ0) is 14.8. The summed E-state index contributed by atoms with van der Waals surface area (Å²) in [6.07, 6.45) is -0.963. The molecule has 0 bridgehead atoms. The highest BCUT2D eigenvalue weighted by molar-refractivity contribution is 4.97. The van der Waals surface area contributed by atoms with Gasteiger partial charge in [-0.15, -0.1) is 0 Å². The van der Waals surface area contributed by atoms with E-state index in [1.165, 1.54) is 7.11 Å². The summed E-state index contributed by atoms with van der Waals surface area (Å²) in [5.41, 5.74) is -1.36. The minimum absolute atomic E-state index is 0.0529. The smallest absolute Gasteiger partial charge is 0.332 e. The Morgan fingerprint density at radius 3 is 2.80 bits per heavy atom. The lowest BCUT2D eigenvalue weighted by Gasteiger charge is -2.50. The molecule has 1 saturated heterocycles. The highest BCUT2D eigenvalue weighted by atomic mass is 16.8. The molecule has 9 heteroatoms. The number of hydrogen-bond donors (Lipinski definition) is 3. The van der Waals surface area contributed by atoms with Crippen molar-refractivity contribution in [2.75, 3.05) is 26.9 Å². The Morgan fingerprint density at radius 1 is 1.50 bits per heavy atom. The number of aromatic amines is 1. The van der Waals surface area contributed by atoms with Gasteiger partial charge in [0.2, 0.25) is 0 Å². The minimum atomic E-state index is -1.77. The van der Waals surface area contributed by atoms with E-state index < -0.39 is 36.0 Å². The summed E-state index contributed by atoms with van der Waals surface area (Å²) < 4.78 is 16.4. The third-order valence-corrected chi connectivity index (χ3v) is 2.98. The molecule has 1 aliphatic rings. The fraction of sp³-hybridized carbons (Fsp3) is 0.636. The molecule has 1 aromatic rings. The molecule has 1 aromatic heterocycles. The third-order valence-electron chi connectivity index (χ3n) is 2.98. The second-order valence-electron chi connectivity index (χ2n) is 4.24. The average Bonchev–Trinajstić information content (AvgIpc) is 2.42. The topological polar surface area (TPSA) is 123 Å². The van der Waals surface area contributed by atoms with Gasteiger partial charge in [-0.25, -0.2) is 9.36 Å². The molecule has 1 aliphatic heterocycles. The quantitative estimate of drug-likeness (QED) is 0.497. The van der Waals surface area contributed by atoms with Crippen molar-refractivity contribution in [1.82, 2.24) is 9.55 Å². The van der Waals surface area contributed by atoms with Gasteiger partial charge in [-0.1, -0.05) is 0 Å². The van der Waals surface area contributed by atoms with Crippen LogP contribution in [-0.2, 0) is 20.1 Å². The van der Waals surface area contributed by atoms with E-state index in [9.17, 15) is 14.7 Å². The number of nitrogens with one attached hydrogen (secondary N) is 1. The van der Waals surface area contributed by atoms with Gasteiger partial charge < -0.3 is 24.4 Å². The lowest BCUT2D eigenvalue weighted by molar-refractivity contribution is -0.451. The molecule has 2 heterocycles. The normalized spacial score (nSPS) is 29.1. The molecule has 0 saturated carbocycles. The van der Waals surface area contributed by atoms with E-state index in [-0.39, 0.29) is 13.2 Å². The summed E-state index contributed by atoms with van der Waals surface area (Å²) in [6.45, 7) is -0.147. The average molecular weight is 288 g/mol. The summed E-state index contributed by atoms with van der Waals surface area (Å²) in [4.78, 5) is 24.9. The Hall–Kier alpha value is -1.52. The molecule has 3 atom stereocenters. The first-order valence-corrected chi connectivity index (χ1v) is 5.97. The van der Waals surface area contributed by atoms with Crippen molar-refractivity contribution in [2.45, 2.75) is 18.1 Å². The van der Waals surface area contributed by atoms with Gasteiger partial charge >= 0.3 is 5.69 Å². The highest BCUT2D eigenvalue weighted by Crippen LogP contribution is 2.37. The van der Waals surface area contributed by atoms with Crippen LogP contribution in [0.3, 0.4) is 0 Å². The van der Waals surface area contributed by atoms with E-state index in [1.807, 2.05) is 4.98 Å². The maximum atomic E-state index is 11.8. The van der Waals surface area contributed by atoms with Crippen LogP contribution in [0, 0.1) is 0 Å². The molecule has 0 aliphatic carbocycles. The van der Waals surface area contributed by atoms with E-state index in [1.54, 1.807) is 0 Å². The van der Waals surface area contributed by atoms with Crippen molar-refractivity contribution in [3.05, 3.63) is 33.1 Å². The number of methoxy groups -OCH3 is 1. The van der Waals surface area contributed by atoms with Crippen molar-refractivity contribution in [3.63, 3.8) is 0 Å². The van der Waals surface area contributed by atoms with Crippen LogP contribution in [0.5, 0.6) is 0 Å². The molecule has 0 amide bonds. The predicted octanol–water partition coefficient (Wildman–Crippen LogP) is -2.44. The number of hydrogen-bond acceptors (Lipinski definition) is 7. The monoisotopic (exact) mass is 288 g/mol. The molecular weight excluding hydrogens is 272 g/mol. The molecule has 2 unspecified atom stereocenters. The summed E-state index contributed by atoms with van der Waals surface area (Å²) >= 11 is 0. The molecule has 0 spiro atoms. The summed E-state index contributed by atoms with van der Waals surface area (Å²) in [5.74, 6) is -1.77. The maximum absolute atomic E-state index is 11.8. The van der Waals surface area contributed by atoms with Gasteiger partial charge in [0.1, 0.15) is 6.10 Å². The van der Waals surface area contributed by atoms with Gasteiger partial charge in [0.05, 0.1) is 19.8 Å². The van der Waals surface area contributed by atoms with Gasteiger partial charge in [-0.2, -0.15) is 0 Å². The van der Waals surface area contributed by atoms with Crippen LogP contribution >= 0.6 is 0 Å². The number of H-pyrrole nitrogens is 1. The molecule has 20 heavy (non-hydrogen) atoms. The Bertz CT molecular complexity index is 568. The Labute approximate surface area is 113 Å². The van der Waals surface area contributed by atoms with E-state index in [0.29, 0.717) is 0 Å². The van der Waals surface area contributed by atoms with Crippen molar-refractivity contribution in [3.8, 4) is 0 Å². The first-order chi connectivity index (χ1) is 9.55. The second-order valence-corrected chi connectivity index (χ2v) is 4.24. The maximum Gasteiger partial charge on any atom is 0.332 e. The molecule has 0 aromatic carbocycles. The van der Waals surface area contributed by atoms with E-state index in [4.69, 9.17) is 19.3 Å². The van der Waals surface area contributed by atoms with Crippen LogP contribution in [0.15, 0.2) is 21.9 Å². The van der Waals surface area contributed by atoms with Crippen LogP contribution in [0.4, 0.5) is 0 Å². The number of aliphatic hydroxyl groups excluding tert-OH is 2. The Morgan fingerprint density at radius 2 is 2.25 bits per heavy atom. The third kappa shape index (κ3) is 2.41. The molecule has 0 radical (unpaired) electrons. The van der Waals surface area contributed by atoms with Crippen molar-refractivity contribution in [2.24, 2.45) is 0 Å². The van der Waals surface area contributed by atoms with Crippen LogP contribution in [-0.4, -0.2) is 58.9 Å². The van der Waals surface area contributed by atoms with Crippen molar-refractivity contribution >= 4 is 0 Å². The Balaban J connectivity index is 2.32. The minimum Gasteiger partial charge on any atom is -0.394 e. The zero-order valence-corrected chi connectivity index (χ0v) is 10.8. The van der Waals surface area contributed by atoms with Crippen molar-refractivity contribution < 1.29 is 24.4 Å². The molecule has 112 valence electrons. The van der Waals surface area contributed by atoms with Gasteiger partial charge in [0.25, 0.3) is 11.5 Å². The standard InChI is InChI=1S/C11H16N2O7/c1-18-4-5-19-11(9(16)7(6-14)20-11)13-3-2-8(15)12-10(13)17/h2-3,7,9,14,16H,4-6H2,1H3,(H,12,15,17)/t7?,9-,11?/m0/s1. The summed E-state index contributed by atoms with van der Waals surface area (Å²) in [5, 5.41) is 19.1. The lowest BCUT2D eigenvalue weighted by Crippen LogP contribution is -2.70. The number of aromatic nitrogens is 2. The highest BCUT2D eigenvalue weighted by Gasteiger charge is 2.58. The molecule has 3 N–H and O–H groups in total. The SMILES string of the molecule is COCCOC1(n2ccc(=O)[nH]c2=O)OC(CO)[C@@H]1O. The first-order valence-electron chi connectivity index (χ1n) is 5.97. The second kappa shape index (κ2) is 5.85. The van der Waals surface area contributed by atoms with Crippen molar-refractivity contribution in [1.29, 1.82) is 0 Å². The van der Waals surface area contributed by atoms with Gasteiger partial charge in [0.15, 0.2) is 6.10 Å². The van der Waals surface area contributed by atoms with Gasteiger partial charge in [-0.05, 0) is 0 Å². The van der Waals surface area contributed by atoms with Crippen LogP contribution in [0.1, 0.15) is 0 Å². The van der Waals surface area contributed by atoms with E-state index in [2.05, 4.69) is 0 Å². The van der Waals surface area contributed by atoms with E-state index in [0.717, 1.165) is 16.8 Å². The fourth-order valence-electron chi connectivity index (χ4n) is 1.97. The van der Waals surface area contributed by atoms with Crippen LogP contribution in [0.25, 0.3) is 0 Å². The van der Waals surface area contributed by atoms with Gasteiger partial charge in [0, 0.05) is 19.4 Å². The number of aliphatic hydroxyl groups is 2. The summed E-state index contributed by atoms with van der Waals surface area (Å²) in [7, 11) is 1.47. The molecule has 2 rings (SSSR count). The Kier molecular flexibility index (Phi) is 4.35. The lowest BCUT2D eigenvalue weighted by atomic mass is 10.0.